The molecule has 2 nitrogen and oxygen atoms in total. The Balaban J connectivity index is 1.86. The summed E-state index contributed by atoms with van der Waals surface area (Å²) < 4.78 is 6.34. The van der Waals surface area contributed by atoms with E-state index in [1.807, 2.05) is 0 Å². The van der Waals surface area contributed by atoms with Crippen LogP contribution in [-0.4, -0.2) is 21.0 Å². The summed E-state index contributed by atoms with van der Waals surface area (Å²) in [6.45, 7) is 12.4. The van der Waals surface area contributed by atoms with Gasteiger partial charge in [-0.3, -0.25) is 0 Å². The van der Waals surface area contributed by atoms with Crippen LogP contribution in [0.15, 0.2) is 30.3 Å². The van der Waals surface area contributed by atoms with Crippen molar-refractivity contribution in [2.45, 2.75) is 63.8 Å². The number of rotatable bonds is 4. The molecule has 0 amide bonds. The quantitative estimate of drug-likeness (QED) is 0.825. The Morgan fingerprint density at radius 3 is 2.40 bits per heavy atom. The van der Waals surface area contributed by atoms with Gasteiger partial charge in [0.25, 0.3) is 0 Å². The van der Waals surface area contributed by atoms with Gasteiger partial charge in [-0.25, -0.2) is 0 Å². The summed E-state index contributed by atoms with van der Waals surface area (Å²) >= 11 is 0. The van der Waals surface area contributed by atoms with E-state index < -0.39 is 8.32 Å². The third kappa shape index (κ3) is 3.71. The van der Waals surface area contributed by atoms with E-state index in [0.717, 1.165) is 6.61 Å². The van der Waals surface area contributed by atoms with Crippen LogP contribution in [0.1, 0.15) is 45.2 Å². The van der Waals surface area contributed by atoms with Gasteiger partial charge in [-0.15, -0.1) is 0 Å². The summed E-state index contributed by atoms with van der Waals surface area (Å²) in [6.07, 6.45) is 2.43. The molecular formula is C17H29NOSi. The lowest BCUT2D eigenvalue weighted by Gasteiger charge is -2.37. The van der Waals surface area contributed by atoms with Crippen LogP contribution in [0.4, 0.5) is 0 Å². The topological polar surface area (TPSA) is 21.3 Å². The molecule has 0 bridgehead atoms. The molecule has 1 heterocycles. The van der Waals surface area contributed by atoms with E-state index in [1.165, 1.54) is 18.4 Å². The molecule has 1 aromatic carbocycles. The van der Waals surface area contributed by atoms with Gasteiger partial charge in [0, 0.05) is 18.7 Å². The first-order valence-corrected chi connectivity index (χ1v) is 10.7. The second-order valence-corrected chi connectivity index (χ2v) is 12.3. The van der Waals surface area contributed by atoms with Gasteiger partial charge in [0.1, 0.15) is 0 Å². The third-order valence-electron chi connectivity index (χ3n) is 4.89. The summed E-state index contributed by atoms with van der Waals surface area (Å²) in [5.41, 5.74) is 1.40. The standard InChI is InChI=1S/C17H29NOSi/c1-17(2,3)20(4,5)19-13-15-11-12-16(18-15)14-9-7-6-8-10-14/h6-10,15-16,18H,11-13H2,1-5H3/t15-,16-/m0/s1. The predicted molar refractivity (Wildman–Crippen MR) is 88.5 cm³/mol. The normalized spacial score (nSPS) is 24.1. The maximum atomic E-state index is 6.34. The van der Waals surface area contributed by atoms with E-state index in [4.69, 9.17) is 4.43 Å². The van der Waals surface area contributed by atoms with Crippen LogP contribution in [0.3, 0.4) is 0 Å². The molecule has 1 aromatic rings. The molecular weight excluding hydrogens is 262 g/mol. The van der Waals surface area contributed by atoms with Crippen molar-refractivity contribution in [2.24, 2.45) is 0 Å². The van der Waals surface area contributed by atoms with E-state index in [-0.39, 0.29) is 0 Å². The van der Waals surface area contributed by atoms with Crippen molar-refractivity contribution in [3.05, 3.63) is 35.9 Å². The van der Waals surface area contributed by atoms with Gasteiger partial charge in [0.2, 0.25) is 0 Å². The Morgan fingerprint density at radius 2 is 1.80 bits per heavy atom. The minimum absolute atomic E-state index is 0.296. The van der Waals surface area contributed by atoms with Gasteiger partial charge in [0.15, 0.2) is 8.32 Å². The molecule has 3 heteroatoms. The van der Waals surface area contributed by atoms with Gasteiger partial charge >= 0.3 is 0 Å². The molecule has 20 heavy (non-hydrogen) atoms. The monoisotopic (exact) mass is 291 g/mol. The molecule has 1 aliphatic heterocycles. The third-order valence-corrected chi connectivity index (χ3v) is 9.39. The lowest BCUT2D eigenvalue weighted by atomic mass is 10.1. The molecule has 1 N–H and O–H groups in total. The molecule has 0 aromatic heterocycles. The van der Waals surface area contributed by atoms with E-state index in [1.54, 1.807) is 0 Å². The Hall–Kier alpha value is -0.643. The van der Waals surface area contributed by atoms with Crippen molar-refractivity contribution in [1.29, 1.82) is 0 Å². The largest absolute Gasteiger partial charge is 0.415 e. The van der Waals surface area contributed by atoms with Crippen molar-refractivity contribution < 1.29 is 4.43 Å². The van der Waals surface area contributed by atoms with E-state index in [9.17, 15) is 0 Å². The number of nitrogens with one attached hydrogen (secondary N) is 1. The van der Waals surface area contributed by atoms with Crippen molar-refractivity contribution >= 4 is 8.32 Å². The second kappa shape index (κ2) is 6.00. The van der Waals surface area contributed by atoms with E-state index in [2.05, 4.69) is 69.5 Å². The summed E-state index contributed by atoms with van der Waals surface area (Å²) in [5.74, 6) is 0. The fourth-order valence-electron chi connectivity index (χ4n) is 2.42. The molecule has 0 unspecified atom stereocenters. The van der Waals surface area contributed by atoms with Gasteiger partial charge < -0.3 is 9.74 Å². The van der Waals surface area contributed by atoms with Crippen molar-refractivity contribution in [1.82, 2.24) is 5.32 Å². The van der Waals surface area contributed by atoms with E-state index in [0.29, 0.717) is 17.1 Å². The van der Waals surface area contributed by atoms with Gasteiger partial charge in [0.05, 0.1) is 0 Å². The van der Waals surface area contributed by atoms with Crippen LogP contribution in [0, 0.1) is 0 Å². The fourth-order valence-corrected chi connectivity index (χ4v) is 3.48. The number of hydrogen-bond donors (Lipinski definition) is 1. The van der Waals surface area contributed by atoms with Crippen molar-refractivity contribution in [2.75, 3.05) is 6.61 Å². The lowest BCUT2D eigenvalue weighted by Crippen LogP contribution is -2.44. The maximum Gasteiger partial charge on any atom is 0.192 e. The number of hydrogen-bond acceptors (Lipinski definition) is 2. The minimum atomic E-state index is -1.61. The zero-order valence-electron chi connectivity index (χ0n) is 13.6. The molecule has 0 spiro atoms. The molecule has 2 rings (SSSR count). The Morgan fingerprint density at radius 1 is 1.15 bits per heavy atom. The molecule has 1 aliphatic rings. The highest BCUT2D eigenvalue weighted by Gasteiger charge is 2.38. The first kappa shape index (κ1) is 15.7. The molecule has 0 saturated carbocycles. The second-order valence-electron chi connectivity index (χ2n) is 7.48. The Bertz CT molecular complexity index is 424. The summed E-state index contributed by atoms with van der Waals surface area (Å²) in [5, 5.41) is 4.02. The van der Waals surface area contributed by atoms with Crippen LogP contribution in [-0.2, 0) is 4.43 Å². The zero-order chi connectivity index (χ0) is 14.8. The lowest BCUT2D eigenvalue weighted by molar-refractivity contribution is 0.250. The Kier molecular flexibility index (Phi) is 4.72. The maximum absolute atomic E-state index is 6.34. The van der Waals surface area contributed by atoms with Crippen LogP contribution >= 0.6 is 0 Å². The first-order valence-electron chi connectivity index (χ1n) is 7.74. The molecule has 112 valence electrons. The number of benzene rings is 1. The van der Waals surface area contributed by atoms with Crippen LogP contribution < -0.4 is 5.32 Å². The summed E-state index contributed by atoms with van der Waals surface area (Å²) in [6, 6.07) is 11.8. The van der Waals surface area contributed by atoms with E-state index >= 15 is 0 Å². The molecule has 1 fully saturated rings. The highest BCUT2D eigenvalue weighted by atomic mass is 28.4. The smallest absolute Gasteiger partial charge is 0.192 e. The van der Waals surface area contributed by atoms with Crippen LogP contribution in [0.25, 0.3) is 0 Å². The van der Waals surface area contributed by atoms with Gasteiger partial charge in [-0.1, -0.05) is 51.1 Å². The zero-order valence-corrected chi connectivity index (χ0v) is 14.6. The highest BCUT2D eigenvalue weighted by Crippen LogP contribution is 2.37. The van der Waals surface area contributed by atoms with Gasteiger partial charge in [-0.2, -0.15) is 0 Å². The molecule has 1 saturated heterocycles. The van der Waals surface area contributed by atoms with Crippen LogP contribution in [0.5, 0.6) is 0 Å². The fraction of sp³-hybridized carbons (Fsp3) is 0.647. The predicted octanol–water partition coefficient (Wildman–Crippen LogP) is 4.50. The molecule has 0 radical (unpaired) electrons. The first-order chi connectivity index (χ1) is 9.29. The summed E-state index contributed by atoms with van der Waals surface area (Å²) in [7, 11) is -1.61. The Labute approximate surface area is 125 Å². The SMILES string of the molecule is CC(C)(C)[Si](C)(C)OC[C@@H]1CC[C@@H](c2ccccc2)N1. The molecule has 0 aliphatic carbocycles. The van der Waals surface area contributed by atoms with Gasteiger partial charge in [-0.05, 0) is 36.5 Å². The highest BCUT2D eigenvalue weighted by molar-refractivity contribution is 6.74. The van der Waals surface area contributed by atoms with Crippen LogP contribution in [0.2, 0.25) is 18.1 Å². The van der Waals surface area contributed by atoms with Crippen molar-refractivity contribution in [3.8, 4) is 0 Å². The average Bonchev–Trinajstić information content (AvgIpc) is 2.85. The minimum Gasteiger partial charge on any atom is -0.415 e. The molecule has 2 atom stereocenters. The average molecular weight is 292 g/mol. The van der Waals surface area contributed by atoms with Crippen molar-refractivity contribution in [3.63, 3.8) is 0 Å². The summed E-state index contributed by atoms with van der Waals surface area (Å²) in [4.78, 5) is 0.